The molecule has 19 heavy (non-hydrogen) atoms. The van der Waals surface area contributed by atoms with Crippen LogP contribution in [0.15, 0.2) is 29.2 Å². The number of likely N-dealkylation sites (tertiary alicyclic amines) is 1. The molecule has 2 N–H and O–H groups in total. The van der Waals surface area contributed by atoms with Crippen LogP contribution >= 0.6 is 11.8 Å². The van der Waals surface area contributed by atoms with E-state index in [2.05, 4.69) is 0 Å². The molecular weight excluding hydrogens is 262 g/mol. The van der Waals surface area contributed by atoms with Crippen molar-refractivity contribution in [2.24, 2.45) is 0 Å². The Labute approximate surface area is 117 Å². The van der Waals surface area contributed by atoms with Gasteiger partial charge in [-0.25, -0.2) is 0 Å². The van der Waals surface area contributed by atoms with Crippen LogP contribution in [0.5, 0.6) is 0 Å². The number of rotatable bonds is 4. The molecule has 0 aromatic heterocycles. The monoisotopic (exact) mass is 281 g/mol. The zero-order valence-electron chi connectivity index (χ0n) is 11.0. The lowest BCUT2D eigenvalue weighted by Gasteiger charge is -2.34. The zero-order valence-corrected chi connectivity index (χ0v) is 11.8. The summed E-state index contributed by atoms with van der Waals surface area (Å²) in [6.07, 6.45) is 2.98. The van der Waals surface area contributed by atoms with Crippen molar-refractivity contribution in [2.45, 2.75) is 29.9 Å². The normalized spacial score (nSPS) is 19.3. The van der Waals surface area contributed by atoms with Crippen LogP contribution in [-0.2, 0) is 4.79 Å². The van der Waals surface area contributed by atoms with E-state index in [0.29, 0.717) is 25.9 Å². The van der Waals surface area contributed by atoms with Crippen LogP contribution < -0.4 is 0 Å². The number of hydrogen-bond donors (Lipinski definition) is 2. The second-order valence-electron chi connectivity index (χ2n) is 4.78. The van der Waals surface area contributed by atoms with Crippen molar-refractivity contribution < 1.29 is 15.0 Å². The number of benzene rings is 1. The Balaban J connectivity index is 2.22. The largest absolute Gasteiger partial charge is 0.480 e. The second kappa shape index (κ2) is 6.41. The first-order valence-corrected chi connectivity index (χ1v) is 7.63. The maximum Gasteiger partial charge on any atom is 0.325 e. The Hall–Kier alpha value is -1.04. The zero-order chi connectivity index (χ0) is 13.8. The van der Waals surface area contributed by atoms with Gasteiger partial charge in [0.25, 0.3) is 0 Å². The average molecular weight is 281 g/mol. The number of hydrogen-bond acceptors (Lipinski definition) is 4. The van der Waals surface area contributed by atoms with Gasteiger partial charge in [0.15, 0.2) is 0 Å². The molecule has 0 spiro atoms. The Bertz CT molecular complexity index is 444. The van der Waals surface area contributed by atoms with Gasteiger partial charge in [0.05, 0.1) is 6.10 Å². The third-order valence-corrected chi connectivity index (χ3v) is 4.23. The Morgan fingerprint density at radius 3 is 2.68 bits per heavy atom. The summed E-state index contributed by atoms with van der Waals surface area (Å²) in [6.45, 7) is 1.25. The van der Waals surface area contributed by atoms with E-state index in [1.807, 2.05) is 35.4 Å². The number of carboxylic acid groups (broad SMARTS) is 1. The number of thioether (sulfide) groups is 1. The molecule has 104 valence electrons. The van der Waals surface area contributed by atoms with Gasteiger partial charge in [-0.05, 0) is 36.8 Å². The first-order chi connectivity index (χ1) is 9.11. The summed E-state index contributed by atoms with van der Waals surface area (Å²) in [5.74, 6) is -0.824. The molecule has 1 aromatic carbocycles. The summed E-state index contributed by atoms with van der Waals surface area (Å²) in [5, 5.41) is 19.0. The van der Waals surface area contributed by atoms with Crippen LogP contribution in [0.4, 0.5) is 0 Å². The van der Waals surface area contributed by atoms with Crippen LogP contribution in [0.1, 0.15) is 24.4 Å². The first-order valence-electron chi connectivity index (χ1n) is 6.40. The minimum Gasteiger partial charge on any atom is -0.480 e. The molecule has 0 amide bonds. The molecule has 0 saturated carbocycles. The Kier molecular flexibility index (Phi) is 4.85. The van der Waals surface area contributed by atoms with E-state index in [4.69, 9.17) is 0 Å². The van der Waals surface area contributed by atoms with Crippen LogP contribution in [0.25, 0.3) is 0 Å². The van der Waals surface area contributed by atoms with Gasteiger partial charge in [-0.2, -0.15) is 0 Å². The second-order valence-corrected chi connectivity index (χ2v) is 5.66. The number of carboxylic acids is 1. The van der Waals surface area contributed by atoms with Crippen LogP contribution in [-0.4, -0.2) is 46.5 Å². The topological polar surface area (TPSA) is 60.8 Å². The number of aliphatic carboxylic acids is 1. The van der Waals surface area contributed by atoms with E-state index in [1.165, 1.54) is 0 Å². The van der Waals surface area contributed by atoms with Crippen LogP contribution in [0.3, 0.4) is 0 Å². The number of piperidine rings is 1. The molecule has 1 fully saturated rings. The smallest absolute Gasteiger partial charge is 0.325 e. The summed E-state index contributed by atoms with van der Waals surface area (Å²) in [7, 11) is 0. The van der Waals surface area contributed by atoms with Gasteiger partial charge in [-0.15, -0.1) is 11.8 Å². The fourth-order valence-electron chi connectivity index (χ4n) is 2.47. The molecule has 1 unspecified atom stereocenters. The van der Waals surface area contributed by atoms with Crippen molar-refractivity contribution in [1.82, 2.24) is 4.90 Å². The highest BCUT2D eigenvalue weighted by Crippen LogP contribution is 2.27. The molecule has 1 aromatic rings. The Morgan fingerprint density at radius 1 is 1.42 bits per heavy atom. The van der Waals surface area contributed by atoms with Crippen molar-refractivity contribution >= 4 is 17.7 Å². The Morgan fingerprint density at radius 2 is 2.11 bits per heavy atom. The van der Waals surface area contributed by atoms with E-state index in [0.717, 1.165) is 10.5 Å². The van der Waals surface area contributed by atoms with Crippen molar-refractivity contribution in [1.29, 1.82) is 0 Å². The molecule has 1 heterocycles. The van der Waals surface area contributed by atoms with E-state index in [1.54, 1.807) is 11.8 Å². The minimum absolute atomic E-state index is 0.289. The fourth-order valence-corrected chi connectivity index (χ4v) is 2.93. The van der Waals surface area contributed by atoms with E-state index >= 15 is 0 Å². The predicted molar refractivity (Wildman–Crippen MR) is 75.4 cm³/mol. The van der Waals surface area contributed by atoms with E-state index < -0.39 is 12.0 Å². The number of aliphatic hydroxyl groups is 1. The summed E-state index contributed by atoms with van der Waals surface area (Å²) in [6, 6.07) is 7.07. The van der Waals surface area contributed by atoms with E-state index in [9.17, 15) is 15.0 Å². The van der Waals surface area contributed by atoms with Gasteiger partial charge in [0.1, 0.15) is 6.04 Å². The molecule has 1 saturated heterocycles. The lowest BCUT2D eigenvalue weighted by molar-refractivity contribution is -0.144. The summed E-state index contributed by atoms with van der Waals surface area (Å²) in [5.41, 5.74) is 0.815. The van der Waals surface area contributed by atoms with Crippen LogP contribution in [0, 0.1) is 0 Å². The number of aliphatic hydroxyl groups excluding tert-OH is 1. The average Bonchev–Trinajstić information content (AvgIpc) is 2.41. The van der Waals surface area contributed by atoms with Crippen molar-refractivity contribution in [3.63, 3.8) is 0 Å². The maximum atomic E-state index is 11.6. The molecule has 5 heteroatoms. The molecule has 0 bridgehead atoms. The third-order valence-electron chi connectivity index (χ3n) is 3.51. The van der Waals surface area contributed by atoms with Gasteiger partial charge in [0.2, 0.25) is 0 Å². The third kappa shape index (κ3) is 3.49. The molecule has 1 atom stereocenters. The van der Waals surface area contributed by atoms with Gasteiger partial charge < -0.3 is 10.2 Å². The quantitative estimate of drug-likeness (QED) is 0.827. The number of nitrogens with zero attached hydrogens (tertiary/aromatic N) is 1. The maximum absolute atomic E-state index is 11.6. The minimum atomic E-state index is -0.824. The van der Waals surface area contributed by atoms with Crippen molar-refractivity contribution in [3.05, 3.63) is 29.8 Å². The molecule has 0 aliphatic carbocycles. The molecule has 2 rings (SSSR count). The lowest BCUT2D eigenvalue weighted by Crippen LogP contribution is -2.41. The van der Waals surface area contributed by atoms with Gasteiger partial charge in [-0.3, -0.25) is 9.69 Å². The summed E-state index contributed by atoms with van der Waals surface area (Å²) in [4.78, 5) is 14.6. The standard InChI is InChI=1S/C14H19NO3S/c1-19-12-4-2-3-10(9-12)13(14(17)18)15-7-5-11(16)6-8-15/h2-4,9,11,13,16H,5-8H2,1H3,(H,17,18). The highest BCUT2D eigenvalue weighted by atomic mass is 32.2. The SMILES string of the molecule is CSc1cccc(C(C(=O)O)N2CCC(O)CC2)c1. The van der Waals surface area contributed by atoms with Crippen molar-refractivity contribution in [2.75, 3.05) is 19.3 Å². The highest BCUT2D eigenvalue weighted by Gasteiger charge is 2.30. The van der Waals surface area contributed by atoms with Gasteiger partial charge >= 0.3 is 5.97 Å². The number of carbonyl (C=O) groups is 1. The molecule has 1 aliphatic rings. The van der Waals surface area contributed by atoms with Gasteiger partial charge in [-0.1, -0.05) is 12.1 Å². The molecular formula is C14H19NO3S. The fraction of sp³-hybridized carbons (Fsp3) is 0.500. The molecule has 4 nitrogen and oxygen atoms in total. The predicted octanol–water partition coefficient (Wildman–Crippen LogP) is 1.99. The van der Waals surface area contributed by atoms with E-state index in [-0.39, 0.29) is 6.10 Å². The van der Waals surface area contributed by atoms with Crippen LogP contribution in [0.2, 0.25) is 0 Å². The molecule has 1 aliphatic heterocycles. The van der Waals surface area contributed by atoms with Crippen molar-refractivity contribution in [3.8, 4) is 0 Å². The molecule has 0 radical (unpaired) electrons. The first kappa shape index (κ1) is 14.4. The van der Waals surface area contributed by atoms with Gasteiger partial charge in [0, 0.05) is 18.0 Å². The summed E-state index contributed by atoms with van der Waals surface area (Å²) < 4.78 is 0. The highest BCUT2D eigenvalue weighted by molar-refractivity contribution is 7.98. The lowest BCUT2D eigenvalue weighted by atomic mass is 10.0. The summed E-state index contributed by atoms with van der Waals surface area (Å²) >= 11 is 1.61.